The van der Waals surface area contributed by atoms with Crippen LogP contribution in [0.3, 0.4) is 0 Å². The van der Waals surface area contributed by atoms with Crippen LogP contribution in [0.5, 0.6) is 11.5 Å². The van der Waals surface area contributed by atoms with Gasteiger partial charge in [-0.3, -0.25) is 0 Å². The minimum absolute atomic E-state index is 0.195. The molecule has 38 heavy (non-hydrogen) atoms. The molecule has 0 saturated heterocycles. The van der Waals surface area contributed by atoms with E-state index in [-0.39, 0.29) is 4.90 Å². The number of benzene rings is 4. The second-order valence-electron chi connectivity index (χ2n) is 9.01. The molecule has 0 N–H and O–H groups in total. The highest BCUT2D eigenvalue weighted by Gasteiger charge is 2.43. The summed E-state index contributed by atoms with van der Waals surface area (Å²) in [5.74, 6) is 1.96. The molecule has 0 amide bonds. The molecule has 194 valence electrons. The number of sulfonamides is 1. The third-order valence-corrected chi connectivity index (χ3v) is 8.41. The molecule has 0 bridgehead atoms. The number of rotatable bonds is 7. The highest BCUT2D eigenvalue weighted by atomic mass is 32.2. The van der Waals surface area contributed by atoms with Crippen molar-refractivity contribution >= 4 is 15.8 Å². The lowest BCUT2D eigenvalue weighted by molar-refractivity contribution is 0.0294. The SMILES string of the molecule is COc1ccc([C@@H]2C=C(c3ccccc3)O[C@@H](c3ccc(OC)cc3)N2S(=O)(=O)c2ccc(C)cc2)cc1. The van der Waals surface area contributed by atoms with E-state index in [9.17, 15) is 8.42 Å². The minimum Gasteiger partial charge on any atom is -0.497 e. The molecule has 7 heteroatoms. The second-order valence-corrected chi connectivity index (χ2v) is 10.8. The molecule has 6 nitrogen and oxygen atoms in total. The molecule has 2 atom stereocenters. The molecule has 4 aromatic rings. The van der Waals surface area contributed by atoms with Crippen molar-refractivity contribution in [3.8, 4) is 11.5 Å². The number of nitrogens with zero attached hydrogens (tertiary/aromatic N) is 1. The van der Waals surface area contributed by atoms with Gasteiger partial charge in [-0.05, 0) is 55.0 Å². The van der Waals surface area contributed by atoms with Gasteiger partial charge in [0.1, 0.15) is 17.3 Å². The van der Waals surface area contributed by atoms with E-state index in [2.05, 4.69) is 0 Å². The van der Waals surface area contributed by atoms with Crippen LogP contribution >= 0.6 is 0 Å². The van der Waals surface area contributed by atoms with Crippen LogP contribution in [0.25, 0.3) is 5.76 Å². The quantitative estimate of drug-likeness (QED) is 0.274. The molecule has 5 rings (SSSR count). The summed E-state index contributed by atoms with van der Waals surface area (Å²) in [4.78, 5) is 0.195. The Kier molecular flexibility index (Phi) is 7.22. The van der Waals surface area contributed by atoms with Gasteiger partial charge in [-0.2, -0.15) is 0 Å². The lowest BCUT2D eigenvalue weighted by Gasteiger charge is -2.40. The first-order chi connectivity index (χ1) is 18.4. The summed E-state index contributed by atoms with van der Waals surface area (Å²) < 4.78 is 47.3. The Balaban J connectivity index is 1.72. The molecule has 0 aliphatic carbocycles. The van der Waals surface area contributed by atoms with Crippen molar-refractivity contribution in [1.29, 1.82) is 0 Å². The van der Waals surface area contributed by atoms with Gasteiger partial charge in [-0.1, -0.05) is 72.3 Å². The van der Waals surface area contributed by atoms with Gasteiger partial charge < -0.3 is 14.2 Å². The lowest BCUT2D eigenvalue weighted by atomic mass is 10.0. The highest BCUT2D eigenvalue weighted by molar-refractivity contribution is 7.89. The van der Waals surface area contributed by atoms with Crippen molar-refractivity contribution in [3.63, 3.8) is 0 Å². The van der Waals surface area contributed by atoms with Gasteiger partial charge in [-0.25, -0.2) is 8.42 Å². The largest absolute Gasteiger partial charge is 0.497 e. The van der Waals surface area contributed by atoms with Crippen molar-refractivity contribution in [1.82, 2.24) is 4.31 Å². The lowest BCUT2D eigenvalue weighted by Crippen LogP contribution is -2.41. The van der Waals surface area contributed by atoms with Crippen LogP contribution < -0.4 is 9.47 Å². The highest BCUT2D eigenvalue weighted by Crippen LogP contribution is 2.45. The number of hydrogen-bond donors (Lipinski definition) is 0. The average Bonchev–Trinajstić information content (AvgIpc) is 2.97. The molecule has 1 aliphatic heterocycles. The average molecular weight is 528 g/mol. The maximum Gasteiger partial charge on any atom is 0.247 e. The first kappa shape index (κ1) is 25.6. The third kappa shape index (κ3) is 5.03. The van der Waals surface area contributed by atoms with E-state index >= 15 is 0 Å². The summed E-state index contributed by atoms with van der Waals surface area (Å²) in [6.45, 7) is 1.93. The maximum absolute atomic E-state index is 14.3. The van der Waals surface area contributed by atoms with Crippen molar-refractivity contribution in [2.24, 2.45) is 0 Å². The van der Waals surface area contributed by atoms with Crippen LogP contribution in [0.1, 0.15) is 34.5 Å². The Labute approximate surface area is 223 Å². The van der Waals surface area contributed by atoms with Crippen LogP contribution in [0.4, 0.5) is 0 Å². The number of aryl methyl sites for hydroxylation is 1. The third-order valence-electron chi connectivity index (χ3n) is 6.57. The first-order valence-corrected chi connectivity index (χ1v) is 13.7. The fraction of sp³-hybridized carbons (Fsp3) is 0.161. The van der Waals surface area contributed by atoms with Crippen molar-refractivity contribution in [2.45, 2.75) is 24.1 Å². The predicted octanol–water partition coefficient (Wildman–Crippen LogP) is 6.51. The summed E-state index contributed by atoms with van der Waals surface area (Å²) in [5.41, 5.74) is 3.30. The minimum atomic E-state index is -4.01. The van der Waals surface area contributed by atoms with Gasteiger partial charge in [-0.15, -0.1) is 4.31 Å². The van der Waals surface area contributed by atoms with Gasteiger partial charge in [0.15, 0.2) is 6.23 Å². The van der Waals surface area contributed by atoms with E-state index < -0.39 is 22.3 Å². The molecule has 1 heterocycles. The Hall–Kier alpha value is -4.07. The van der Waals surface area contributed by atoms with Gasteiger partial charge in [0.2, 0.25) is 10.0 Å². The molecule has 0 saturated carbocycles. The first-order valence-electron chi connectivity index (χ1n) is 12.2. The Morgan fingerprint density at radius 3 is 1.82 bits per heavy atom. The second kappa shape index (κ2) is 10.7. The fourth-order valence-corrected chi connectivity index (χ4v) is 6.10. The molecule has 1 aliphatic rings. The normalized spacial score (nSPS) is 17.8. The van der Waals surface area contributed by atoms with E-state index in [0.717, 1.165) is 16.7 Å². The van der Waals surface area contributed by atoms with Gasteiger partial charge in [0.25, 0.3) is 0 Å². The van der Waals surface area contributed by atoms with Gasteiger partial charge in [0, 0.05) is 11.1 Å². The monoisotopic (exact) mass is 527 g/mol. The van der Waals surface area contributed by atoms with Gasteiger partial charge >= 0.3 is 0 Å². The molecular formula is C31H29NO5S. The Morgan fingerprint density at radius 2 is 1.26 bits per heavy atom. The van der Waals surface area contributed by atoms with Crippen LogP contribution in [0, 0.1) is 6.92 Å². The molecule has 0 fully saturated rings. The zero-order chi connectivity index (χ0) is 26.7. The van der Waals surface area contributed by atoms with Crippen LogP contribution in [-0.4, -0.2) is 26.9 Å². The van der Waals surface area contributed by atoms with Crippen molar-refractivity contribution in [2.75, 3.05) is 14.2 Å². The van der Waals surface area contributed by atoms with Crippen LogP contribution in [0.2, 0.25) is 0 Å². The zero-order valence-electron chi connectivity index (χ0n) is 21.4. The van der Waals surface area contributed by atoms with Crippen LogP contribution in [0.15, 0.2) is 114 Å². The van der Waals surface area contributed by atoms with E-state index in [4.69, 9.17) is 14.2 Å². The molecule has 0 radical (unpaired) electrons. The molecule has 0 spiro atoms. The summed E-state index contributed by atoms with van der Waals surface area (Å²) in [6.07, 6.45) is 0.933. The van der Waals surface area contributed by atoms with E-state index in [1.165, 1.54) is 4.31 Å². The molecular weight excluding hydrogens is 498 g/mol. The Morgan fingerprint density at radius 1 is 0.711 bits per heavy atom. The van der Waals surface area contributed by atoms with Crippen molar-refractivity contribution < 1.29 is 22.6 Å². The number of methoxy groups -OCH3 is 2. The Bertz CT molecular complexity index is 1510. The summed E-state index contributed by atoms with van der Waals surface area (Å²) in [6, 6.07) is 30.6. The van der Waals surface area contributed by atoms with Gasteiger partial charge in [0.05, 0.1) is 25.2 Å². The van der Waals surface area contributed by atoms with E-state index in [1.807, 2.05) is 79.7 Å². The topological polar surface area (TPSA) is 65.1 Å². The molecule has 0 unspecified atom stereocenters. The van der Waals surface area contributed by atoms with Crippen molar-refractivity contribution in [3.05, 3.63) is 131 Å². The molecule has 0 aromatic heterocycles. The standard InChI is InChI=1S/C31H29NO5S/c1-22-9-19-28(20-10-22)38(33,34)32-29(23-11-15-26(35-2)16-12-23)21-30(24-7-5-4-6-8-24)37-31(32)25-13-17-27(36-3)18-14-25/h4-21,29,31H,1-3H3/t29-,31-/m0/s1. The zero-order valence-corrected chi connectivity index (χ0v) is 22.3. The fourth-order valence-electron chi connectivity index (χ4n) is 4.48. The van der Waals surface area contributed by atoms with E-state index in [0.29, 0.717) is 22.8 Å². The number of ether oxygens (including phenoxy) is 3. The predicted molar refractivity (Wildman–Crippen MR) is 147 cm³/mol. The van der Waals surface area contributed by atoms with E-state index in [1.54, 1.807) is 50.6 Å². The summed E-state index contributed by atoms with van der Waals surface area (Å²) >= 11 is 0. The number of hydrogen-bond acceptors (Lipinski definition) is 5. The van der Waals surface area contributed by atoms with Crippen LogP contribution in [-0.2, 0) is 14.8 Å². The maximum atomic E-state index is 14.3. The smallest absolute Gasteiger partial charge is 0.247 e. The summed E-state index contributed by atoms with van der Waals surface area (Å²) in [5, 5.41) is 0. The summed E-state index contributed by atoms with van der Waals surface area (Å²) in [7, 11) is -0.814. The molecule has 4 aromatic carbocycles.